The maximum absolute atomic E-state index is 14.2. The summed E-state index contributed by atoms with van der Waals surface area (Å²) in [5.74, 6) is -0.561. The molecule has 1 atom stereocenters. The molecular weight excluding hydrogens is 463 g/mol. The van der Waals surface area contributed by atoms with Gasteiger partial charge in [0.05, 0.1) is 21.8 Å². The third kappa shape index (κ3) is 5.95. The molecular formula is C29H34ClFN2O2. The smallest absolute Gasteiger partial charge is 0.170 e. The van der Waals surface area contributed by atoms with Crippen LogP contribution in [-0.4, -0.2) is 22.4 Å². The lowest BCUT2D eigenvalue weighted by Crippen LogP contribution is -2.17. The van der Waals surface area contributed by atoms with E-state index in [4.69, 9.17) is 11.6 Å². The number of hydrogen-bond acceptors (Lipinski definition) is 4. The average molecular weight is 497 g/mol. The molecule has 1 saturated carbocycles. The molecule has 1 fully saturated rings. The first-order chi connectivity index (χ1) is 16.9. The second-order valence-corrected chi connectivity index (χ2v) is 10.1. The first kappa shape index (κ1) is 25.4. The van der Waals surface area contributed by atoms with Gasteiger partial charge in [-0.2, -0.15) is 0 Å². The van der Waals surface area contributed by atoms with E-state index in [1.54, 1.807) is 12.3 Å². The minimum atomic E-state index is -0.767. The summed E-state index contributed by atoms with van der Waals surface area (Å²) in [6.45, 7) is 5.23. The van der Waals surface area contributed by atoms with E-state index in [0.717, 1.165) is 54.4 Å². The van der Waals surface area contributed by atoms with E-state index in [1.807, 2.05) is 18.2 Å². The number of benzene rings is 2. The Labute approximate surface area is 211 Å². The number of nitrogens with zero attached hydrogens (tertiary/aromatic N) is 1. The highest BCUT2D eigenvalue weighted by Gasteiger charge is 2.32. The number of halogens is 2. The largest absolute Gasteiger partial charge is 0.504 e. The first-order valence-corrected chi connectivity index (χ1v) is 13.2. The molecule has 0 aliphatic heterocycles. The Morgan fingerprint density at radius 1 is 1.14 bits per heavy atom. The fourth-order valence-corrected chi connectivity index (χ4v) is 4.94. The van der Waals surface area contributed by atoms with Crippen molar-refractivity contribution in [3.05, 3.63) is 52.9 Å². The Bertz CT molecular complexity index is 1190. The highest BCUT2D eigenvalue weighted by molar-refractivity contribution is 6.32. The highest BCUT2D eigenvalue weighted by Crippen LogP contribution is 2.39. The number of rotatable bonds is 12. The third-order valence-electron chi connectivity index (χ3n) is 6.91. The summed E-state index contributed by atoms with van der Waals surface area (Å²) in [5.41, 5.74) is 3.52. The number of hydrogen-bond donors (Lipinski definition) is 2. The molecule has 4 rings (SSSR count). The molecule has 6 heteroatoms. The molecule has 0 amide bonds. The zero-order chi connectivity index (χ0) is 24.9. The standard InChI is InChI=1S/C29H34ClFN2O2/c1-3-5-6-8-18(7-4-2)16-33-27-22-13-20(21-14-24(30)29(35)25(31)15-21)11-12-26(22)32-17-23(27)28(34)19-9-10-19/h11-15,17-19,35H,3-10,16H2,1-2H3,(H,32,33). The molecule has 2 N–H and O–H groups in total. The molecule has 1 unspecified atom stereocenters. The molecule has 1 aliphatic carbocycles. The number of nitrogens with one attached hydrogen (secondary N) is 1. The van der Waals surface area contributed by atoms with E-state index in [0.29, 0.717) is 17.0 Å². The van der Waals surface area contributed by atoms with Gasteiger partial charge in [0.15, 0.2) is 17.3 Å². The van der Waals surface area contributed by atoms with Crippen molar-refractivity contribution < 1.29 is 14.3 Å². The number of phenolic OH excluding ortho intramolecular Hbond substituents is 1. The van der Waals surface area contributed by atoms with Gasteiger partial charge >= 0.3 is 0 Å². The van der Waals surface area contributed by atoms with Crippen molar-refractivity contribution in [2.24, 2.45) is 11.8 Å². The van der Waals surface area contributed by atoms with E-state index < -0.39 is 11.6 Å². The number of phenols is 1. The molecule has 0 spiro atoms. The maximum atomic E-state index is 14.2. The number of ketones is 1. The molecule has 1 heterocycles. The first-order valence-electron chi connectivity index (χ1n) is 12.8. The van der Waals surface area contributed by atoms with Crippen molar-refractivity contribution in [3.63, 3.8) is 0 Å². The van der Waals surface area contributed by atoms with Crippen molar-refractivity contribution in [3.8, 4) is 16.9 Å². The summed E-state index contributed by atoms with van der Waals surface area (Å²) >= 11 is 6.03. The Kier molecular flexibility index (Phi) is 8.27. The predicted molar refractivity (Wildman–Crippen MR) is 142 cm³/mol. The van der Waals surface area contributed by atoms with Crippen molar-refractivity contribution in [2.45, 2.75) is 65.2 Å². The van der Waals surface area contributed by atoms with E-state index in [-0.39, 0.29) is 16.7 Å². The van der Waals surface area contributed by atoms with Crippen molar-refractivity contribution in [1.82, 2.24) is 4.98 Å². The zero-order valence-corrected chi connectivity index (χ0v) is 21.3. The fourth-order valence-electron chi connectivity index (χ4n) is 4.73. The summed E-state index contributed by atoms with van der Waals surface area (Å²) in [6.07, 6.45) is 10.6. The molecule has 186 valence electrons. The second kappa shape index (κ2) is 11.4. The molecule has 0 saturated heterocycles. The molecule has 0 radical (unpaired) electrons. The van der Waals surface area contributed by atoms with Gasteiger partial charge in [0.1, 0.15) is 0 Å². The van der Waals surface area contributed by atoms with Crippen LogP contribution in [0.1, 0.15) is 75.6 Å². The lowest BCUT2D eigenvalue weighted by Gasteiger charge is -2.20. The fraction of sp³-hybridized carbons (Fsp3) is 0.448. The predicted octanol–water partition coefficient (Wildman–Crippen LogP) is 8.40. The van der Waals surface area contributed by atoms with Crippen molar-refractivity contribution in [1.29, 1.82) is 0 Å². The monoisotopic (exact) mass is 496 g/mol. The van der Waals surface area contributed by atoms with Crippen LogP contribution in [0.5, 0.6) is 5.75 Å². The van der Waals surface area contributed by atoms with Gasteiger partial charge in [0, 0.05) is 24.0 Å². The van der Waals surface area contributed by atoms with Crippen LogP contribution in [0.2, 0.25) is 5.02 Å². The maximum Gasteiger partial charge on any atom is 0.170 e. The minimum absolute atomic E-state index is 0.0382. The van der Waals surface area contributed by atoms with E-state index in [2.05, 4.69) is 24.1 Å². The summed E-state index contributed by atoms with van der Waals surface area (Å²) in [4.78, 5) is 17.7. The van der Waals surface area contributed by atoms with Crippen LogP contribution in [0.3, 0.4) is 0 Å². The van der Waals surface area contributed by atoms with Crippen LogP contribution in [0.4, 0.5) is 10.1 Å². The Morgan fingerprint density at radius 3 is 2.63 bits per heavy atom. The normalized spacial score (nSPS) is 14.3. The van der Waals surface area contributed by atoms with Gasteiger partial charge in [-0.3, -0.25) is 9.78 Å². The highest BCUT2D eigenvalue weighted by atomic mass is 35.5. The lowest BCUT2D eigenvalue weighted by molar-refractivity contribution is 0.0968. The topological polar surface area (TPSA) is 62.2 Å². The van der Waals surface area contributed by atoms with Crippen LogP contribution in [0, 0.1) is 17.7 Å². The quantitative estimate of drug-likeness (QED) is 0.195. The van der Waals surface area contributed by atoms with Crippen LogP contribution in [0.15, 0.2) is 36.5 Å². The van der Waals surface area contributed by atoms with E-state index >= 15 is 0 Å². The number of pyridine rings is 1. The summed E-state index contributed by atoms with van der Waals surface area (Å²) in [7, 11) is 0. The minimum Gasteiger partial charge on any atom is -0.504 e. The second-order valence-electron chi connectivity index (χ2n) is 9.74. The van der Waals surface area contributed by atoms with Gasteiger partial charge in [-0.25, -0.2) is 4.39 Å². The van der Waals surface area contributed by atoms with Gasteiger partial charge in [0.2, 0.25) is 0 Å². The van der Waals surface area contributed by atoms with Crippen molar-refractivity contribution in [2.75, 3.05) is 11.9 Å². The number of unbranched alkanes of at least 4 members (excludes halogenated alkanes) is 2. The Balaban J connectivity index is 1.73. The molecule has 4 nitrogen and oxygen atoms in total. The third-order valence-corrected chi connectivity index (χ3v) is 7.20. The summed E-state index contributed by atoms with van der Waals surface area (Å²) in [6, 6.07) is 8.49. The number of carbonyl (C=O) groups excluding carboxylic acids is 1. The van der Waals surface area contributed by atoms with Gasteiger partial charge in [-0.1, -0.05) is 57.2 Å². The van der Waals surface area contributed by atoms with Crippen molar-refractivity contribution >= 4 is 34.0 Å². The van der Waals surface area contributed by atoms with Gasteiger partial charge in [-0.15, -0.1) is 0 Å². The molecule has 0 bridgehead atoms. The van der Waals surface area contributed by atoms with E-state index in [1.165, 1.54) is 31.7 Å². The van der Waals surface area contributed by atoms with Gasteiger partial charge in [0.25, 0.3) is 0 Å². The Morgan fingerprint density at radius 2 is 1.94 bits per heavy atom. The number of Topliss-reactive ketones (excluding diaryl/α,β-unsaturated/α-hetero) is 1. The summed E-state index contributed by atoms with van der Waals surface area (Å²) < 4.78 is 14.2. The molecule has 3 aromatic rings. The van der Waals surface area contributed by atoms with Gasteiger partial charge in [-0.05, 0) is 67.0 Å². The zero-order valence-electron chi connectivity index (χ0n) is 20.5. The molecule has 1 aliphatic rings. The molecule has 2 aromatic carbocycles. The number of aromatic hydroxyl groups is 1. The number of carbonyl (C=O) groups is 1. The number of fused-ring (bicyclic) bond motifs is 1. The lowest BCUT2D eigenvalue weighted by atomic mass is 9.95. The van der Waals surface area contributed by atoms with Crippen LogP contribution in [-0.2, 0) is 0 Å². The SMILES string of the molecule is CCCCCC(CCC)CNc1c(C(=O)C2CC2)cnc2ccc(-c3cc(F)c(O)c(Cl)c3)cc12. The number of aromatic nitrogens is 1. The molecule has 35 heavy (non-hydrogen) atoms. The number of anilines is 1. The molecule has 1 aromatic heterocycles. The van der Waals surface area contributed by atoms with Gasteiger partial charge < -0.3 is 10.4 Å². The average Bonchev–Trinajstić information content (AvgIpc) is 3.70. The van der Waals surface area contributed by atoms with Crippen LogP contribution >= 0.6 is 11.6 Å². The Hall–Kier alpha value is -2.66. The summed E-state index contributed by atoms with van der Waals surface area (Å²) in [5, 5.41) is 14.2. The van der Waals surface area contributed by atoms with Crippen LogP contribution in [0.25, 0.3) is 22.0 Å². The van der Waals surface area contributed by atoms with E-state index in [9.17, 15) is 14.3 Å². The van der Waals surface area contributed by atoms with Crippen LogP contribution < -0.4 is 5.32 Å².